The van der Waals surface area contributed by atoms with Crippen molar-refractivity contribution < 1.29 is 9.47 Å². The van der Waals surface area contributed by atoms with E-state index < -0.39 is 0 Å². The van der Waals surface area contributed by atoms with Gasteiger partial charge >= 0.3 is 0 Å². The number of hydrogen-bond donors (Lipinski definition) is 0. The summed E-state index contributed by atoms with van der Waals surface area (Å²) in [7, 11) is 1.61. The second-order valence-corrected chi connectivity index (χ2v) is 7.25. The number of allylic oxidation sites excluding steroid dienone is 1. The zero-order chi connectivity index (χ0) is 19.8. The van der Waals surface area contributed by atoms with Crippen LogP contribution in [0.15, 0.2) is 35.1 Å². The second-order valence-electron chi connectivity index (χ2n) is 6.41. The first kappa shape index (κ1) is 18.8. The largest absolute Gasteiger partial charge is 0.492 e. The summed E-state index contributed by atoms with van der Waals surface area (Å²) in [5.74, 6) is 1.95. The van der Waals surface area contributed by atoms with Crippen LogP contribution in [-0.2, 0) is 6.54 Å². The van der Waals surface area contributed by atoms with E-state index in [1.165, 1.54) is 0 Å². The van der Waals surface area contributed by atoms with Crippen LogP contribution < -0.4 is 15.0 Å². The smallest absolute Gasteiger partial charge is 0.261 e. The van der Waals surface area contributed by atoms with Crippen molar-refractivity contribution in [1.29, 1.82) is 0 Å². The minimum atomic E-state index is -0.136. The summed E-state index contributed by atoms with van der Waals surface area (Å²) in [6.45, 7) is 3.03. The Labute approximate surface area is 172 Å². The Kier molecular flexibility index (Phi) is 5.04. The summed E-state index contributed by atoms with van der Waals surface area (Å²) >= 11 is 12.4. The third kappa shape index (κ3) is 3.15. The molecule has 0 bridgehead atoms. The number of hydrogen-bond acceptors (Lipinski definition) is 4. The van der Waals surface area contributed by atoms with Crippen molar-refractivity contribution in [2.45, 2.75) is 19.9 Å². The molecule has 4 rings (SSSR count). The molecule has 7 heteroatoms. The van der Waals surface area contributed by atoms with Gasteiger partial charge in [-0.25, -0.2) is 4.98 Å². The summed E-state index contributed by atoms with van der Waals surface area (Å²) in [4.78, 5) is 17.6. The molecule has 0 amide bonds. The molecule has 1 aliphatic heterocycles. The van der Waals surface area contributed by atoms with Crippen molar-refractivity contribution in [2.24, 2.45) is 0 Å². The zero-order valence-electron chi connectivity index (χ0n) is 15.5. The topological polar surface area (TPSA) is 53.4 Å². The van der Waals surface area contributed by atoms with Crippen LogP contribution in [0.5, 0.6) is 11.5 Å². The van der Waals surface area contributed by atoms with Gasteiger partial charge < -0.3 is 9.47 Å². The van der Waals surface area contributed by atoms with Crippen molar-refractivity contribution in [2.75, 3.05) is 13.7 Å². The first-order valence-corrected chi connectivity index (χ1v) is 9.69. The zero-order valence-corrected chi connectivity index (χ0v) is 17.0. The van der Waals surface area contributed by atoms with Gasteiger partial charge in [0.1, 0.15) is 5.82 Å². The Balaban J connectivity index is 1.89. The number of fused-ring (bicyclic) bond motifs is 2. The van der Waals surface area contributed by atoms with E-state index in [1.807, 2.05) is 31.2 Å². The highest BCUT2D eigenvalue weighted by Gasteiger charge is 2.23. The fourth-order valence-electron chi connectivity index (χ4n) is 3.51. The first-order valence-electron chi connectivity index (χ1n) is 8.93. The fourth-order valence-corrected chi connectivity index (χ4v) is 4.04. The lowest BCUT2D eigenvalue weighted by molar-refractivity contribution is 0.310. The maximum Gasteiger partial charge on any atom is 0.261 e. The van der Waals surface area contributed by atoms with E-state index in [1.54, 1.807) is 23.8 Å². The predicted molar refractivity (Wildman–Crippen MR) is 113 cm³/mol. The van der Waals surface area contributed by atoms with E-state index in [9.17, 15) is 4.79 Å². The van der Waals surface area contributed by atoms with E-state index in [4.69, 9.17) is 32.7 Å². The number of nitrogens with zero attached hydrogens (tertiary/aromatic N) is 2. The summed E-state index contributed by atoms with van der Waals surface area (Å²) in [6.07, 6.45) is 2.67. The van der Waals surface area contributed by atoms with Crippen LogP contribution in [0.1, 0.15) is 24.7 Å². The molecule has 1 aliphatic rings. The van der Waals surface area contributed by atoms with Crippen LogP contribution >= 0.6 is 23.2 Å². The highest BCUT2D eigenvalue weighted by Crippen LogP contribution is 2.36. The Bertz CT molecular complexity index is 1170. The minimum absolute atomic E-state index is 0.136. The summed E-state index contributed by atoms with van der Waals surface area (Å²) in [5.41, 5.74) is 2.14. The van der Waals surface area contributed by atoms with E-state index in [0.29, 0.717) is 57.8 Å². The average Bonchev–Trinajstić information content (AvgIpc) is 3.06. The molecule has 0 fully saturated rings. The lowest BCUT2D eigenvalue weighted by Gasteiger charge is -2.12. The molecule has 0 saturated carbocycles. The highest BCUT2D eigenvalue weighted by atomic mass is 35.5. The number of para-hydroxylation sites is 1. The lowest BCUT2D eigenvalue weighted by atomic mass is 10.1. The average molecular weight is 417 g/mol. The Morgan fingerprint density at radius 3 is 2.86 bits per heavy atom. The summed E-state index contributed by atoms with van der Waals surface area (Å²) in [6, 6.07) is 8.94. The van der Waals surface area contributed by atoms with Crippen molar-refractivity contribution in [3.63, 3.8) is 0 Å². The number of benzene rings is 2. The SMILES string of the molecule is CCOc1cccc(/C=C2\CCn3c2nc2c(Cl)cc(Cl)cc2c3=O)c1OC. The maximum absolute atomic E-state index is 12.9. The molecular weight excluding hydrogens is 399 g/mol. The number of aromatic nitrogens is 2. The first-order chi connectivity index (χ1) is 13.5. The Morgan fingerprint density at radius 2 is 2.11 bits per heavy atom. The van der Waals surface area contributed by atoms with Gasteiger partial charge in [-0.3, -0.25) is 9.36 Å². The molecule has 0 atom stereocenters. The Hall–Kier alpha value is -2.50. The Morgan fingerprint density at radius 1 is 1.29 bits per heavy atom. The molecule has 0 saturated heterocycles. The van der Waals surface area contributed by atoms with E-state index in [2.05, 4.69) is 4.98 Å². The summed E-state index contributed by atoms with van der Waals surface area (Å²) in [5, 5.41) is 1.21. The van der Waals surface area contributed by atoms with Gasteiger partial charge in [-0.05, 0) is 43.2 Å². The van der Waals surface area contributed by atoms with Gasteiger partial charge in [0.2, 0.25) is 0 Å². The van der Waals surface area contributed by atoms with Gasteiger partial charge in [0.25, 0.3) is 5.56 Å². The minimum Gasteiger partial charge on any atom is -0.492 e. The summed E-state index contributed by atoms with van der Waals surface area (Å²) < 4.78 is 12.9. The molecular formula is C21H18Cl2N2O3. The number of rotatable bonds is 4. The fraction of sp³-hybridized carbons (Fsp3) is 0.238. The normalized spacial score (nSPS) is 14.5. The van der Waals surface area contributed by atoms with Crippen molar-refractivity contribution in [3.8, 4) is 11.5 Å². The highest BCUT2D eigenvalue weighted by molar-refractivity contribution is 6.38. The van der Waals surface area contributed by atoms with Crippen molar-refractivity contribution >= 4 is 45.8 Å². The number of ether oxygens (including phenoxy) is 2. The van der Waals surface area contributed by atoms with E-state index in [0.717, 1.165) is 11.1 Å². The lowest BCUT2D eigenvalue weighted by Crippen LogP contribution is -2.20. The molecule has 2 aromatic carbocycles. The van der Waals surface area contributed by atoms with Crippen molar-refractivity contribution in [3.05, 3.63) is 62.1 Å². The molecule has 0 N–H and O–H groups in total. The standard InChI is InChI=1S/C21H18Cl2N2O3/c1-3-28-17-6-4-5-12(19(17)27-2)9-13-7-8-25-20(13)24-18-15(21(25)26)10-14(22)11-16(18)23/h4-6,9-11H,3,7-8H2,1-2H3/b13-9+. The van der Waals surface area contributed by atoms with E-state index >= 15 is 0 Å². The molecule has 0 aliphatic carbocycles. The van der Waals surface area contributed by atoms with Crippen LogP contribution in [0.3, 0.4) is 0 Å². The molecule has 144 valence electrons. The molecule has 5 nitrogen and oxygen atoms in total. The van der Waals surface area contributed by atoms with Crippen LogP contribution in [0.4, 0.5) is 0 Å². The molecule has 1 aromatic heterocycles. The van der Waals surface area contributed by atoms with Gasteiger partial charge in [0.15, 0.2) is 11.5 Å². The molecule has 0 radical (unpaired) electrons. The van der Waals surface area contributed by atoms with Crippen LogP contribution in [0.25, 0.3) is 22.6 Å². The van der Waals surface area contributed by atoms with Gasteiger partial charge in [-0.2, -0.15) is 0 Å². The molecule has 28 heavy (non-hydrogen) atoms. The second kappa shape index (κ2) is 7.49. The maximum atomic E-state index is 12.9. The van der Waals surface area contributed by atoms with Crippen LogP contribution in [-0.4, -0.2) is 23.3 Å². The van der Waals surface area contributed by atoms with Gasteiger partial charge in [-0.1, -0.05) is 35.3 Å². The quantitative estimate of drug-likeness (QED) is 0.596. The van der Waals surface area contributed by atoms with Gasteiger partial charge in [0.05, 0.1) is 29.6 Å². The van der Waals surface area contributed by atoms with Gasteiger partial charge in [0, 0.05) is 17.1 Å². The number of methoxy groups -OCH3 is 1. The molecule has 3 aromatic rings. The predicted octanol–water partition coefficient (Wildman–Crippen LogP) is 5.05. The third-order valence-corrected chi connectivity index (χ3v) is 5.22. The van der Waals surface area contributed by atoms with E-state index in [-0.39, 0.29) is 5.56 Å². The monoisotopic (exact) mass is 416 g/mol. The third-order valence-electron chi connectivity index (χ3n) is 4.71. The van der Waals surface area contributed by atoms with Crippen LogP contribution in [0.2, 0.25) is 10.0 Å². The molecule has 0 spiro atoms. The number of halogens is 2. The van der Waals surface area contributed by atoms with Gasteiger partial charge in [-0.15, -0.1) is 0 Å². The van der Waals surface area contributed by atoms with Crippen LogP contribution in [0, 0.1) is 0 Å². The van der Waals surface area contributed by atoms with Crippen molar-refractivity contribution in [1.82, 2.24) is 9.55 Å². The molecule has 0 unspecified atom stereocenters. The molecule has 2 heterocycles.